The highest BCUT2D eigenvalue weighted by Gasteiger charge is 2.31. The molecule has 4 nitrogen and oxygen atoms in total. The van der Waals surface area contributed by atoms with Gasteiger partial charge in [-0.15, -0.1) is 0 Å². The number of nitrogens with one attached hydrogen (secondary N) is 1. The van der Waals surface area contributed by atoms with Crippen molar-refractivity contribution in [2.24, 2.45) is 0 Å². The Kier molecular flexibility index (Phi) is 9.51. The third kappa shape index (κ3) is 7.31. The number of hydrogen-bond acceptors (Lipinski definition) is 2. The smallest absolute Gasteiger partial charge is 0.243 e. The number of halogens is 1. The maximum Gasteiger partial charge on any atom is 0.243 e. The molecule has 4 aromatic carbocycles. The van der Waals surface area contributed by atoms with Gasteiger partial charge in [-0.2, -0.15) is 0 Å². The molecule has 5 heteroatoms. The molecule has 40 heavy (non-hydrogen) atoms. The number of hydrogen-bond donors (Lipinski definition) is 1. The number of amides is 2. The molecule has 1 fully saturated rings. The van der Waals surface area contributed by atoms with Gasteiger partial charge in [-0.1, -0.05) is 116 Å². The number of aryl methyl sites for hydroxylation is 1. The number of nitrogens with zero attached hydrogens (tertiary/aromatic N) is 1. The van der Waals surface area contributed by atoms with Gasteiger partial charge in [0.2, 0.25) is 11.8 Å². The Bertz CT molecular complexity index is 1430. The molecule has 2 amide bonds. The predicted octanol–water partition coefficient (Wildman–Crippen LogP) is 7.51. The molecule has 0 bridgehead atoms. The summed E-state index contributed by atoms with van der Waals surface area (Å²) in [5, 5.41) is 6.25. The lowest BCUT2D eigenvalue weighted by Crippen LogP contribution is -2.52. The fourth-order valence-electron chi connectivity index (χ4n) is 5.83. The monoisotopic (exact) mass is 552 g/mol. The lowest BCUT2D eigenvalue weighted by molar-refractivity contribution is -0.141. The Morgan fingerprint density at radius 3 is 2.33 bits per heavy atom. The van der Waals surface area contributed by atoms with Gasteiger partial charge in [0, 0.05) is 30.5 Å². The Balaban J connectivity index is 1.43. The van der Waals surface area contributed by atoms with Crippen molar-refractivity contribution in [3.05, 3.63) is 119 Å². The molecule has 1 saturated carbocycles. The summed E-state index contributed by atoms with van der Waals surface area (Å²) < 4.78 is 0. The van der Waals surface area contributed by atoms with Crippen LogP contribution in [0.1, 0.15) is 55.2 Å². The molecule has 1 aliphatic carbocycles. The number of carbonyl (C=O) groups is 2. The second kappa shape index (κ2) is 13.6. The van der Waals surface area contributed by atoms with E-state index in [2.05, 4.69) is 29.6 Å². The number of benzene rings is 4. The fourth-order valence-corrected chi connectivity index (χ4v) is 6.04. The minimum atomic E-state index is -0.622. The van der Waals surface area contributed by atoms with Crippen molar-refractivity contribution in [3.8, 4) is 0 Å². The summed E-state index contributed by atoms with van der Waals surface area (Å²) in [6, 6.07) is 31.6. The van der Waals surface area contributed by atoms with Crippen LogP contribution >= 0.6 is 11.6 Å². The van der Waals surface area contributed by atoms with Gasteiger partial charge in [0.25, 0.3) is 0 Å². The van der Waals surface area contributed by atoms with Gasteiger partial charge in [0.1, 0.15) is 6.04 Å². The van der Waals surface area contributed by atoms with Crippen LogP contribution in [0.5, 0.6) is 0 Å². The molecule has 0 spiro atoms. The van der Waals surface area contributed by atoms with Crippen molar-refractivity contribution in [1.29, 1.82) is 0 Å². The third-order valence-corrected chi connectivity index (χ3v) is 8.19. The van der Waals surface area contributed by atoms with Gasteiger partial charge in [-0.05, 0) is 58.9 Å². The van der Waals surface area contributed by atoms with Crippen LogP contribution in [0.15, 0.2) is 97.1 Å². The van der Waals surface area contributed by atoms with Gasteiger partial charge in [-0.25, -0.2) is 0 Å². The minimum Gasteiger partial charge on any atom is -0.352 e. The van der Waals surface area contributed by atoms with E-state index in [-0.39, 0.29) is 17.9 Å². The average Bonchev–Trinajstić information content (AvgIpc) is 2.98. The topological polar surface area (TPSA) is 49.4 Å². The van der Waals surface area contributed by atoms with Crippen molar-refractivity contribution < 1.29 is 9.59 Å². The van der Waals surface area contributed by atoms with Crippen LogP contribution in [0.3, 0.4) is 0 Å². The summed E-state index contributed by atoms with van der Waals surface area (Å²) in [6.45, 7) is 0.324. The summed E-state index contributed by atoms with van der Waals surface area (Å²) in [5.41, 5.74) is 3.08. The molecule has 0 aliphatic heterocycles. The van der Waals surface area contributed by atoms with Crippen LogP contribution in [-0.4, -0.2) is 28.8 Å². The van der Waals surface area contributed by atoms with Crippen molar-refractivity contribution in [3.63, 3.8) is 0 Å². The summed E-state index contributed by atoms with van der Waals surface area (Å²) in [5.74, 6) is -0.107. The number of rotatable bonds is 10. The van der Waals surface area contributed by atoms with Gasteiger partial charge < -0.3 is 10.2 Å². The van der Waals surface area contributed by atoms with Gasteiger partial charge in [-0.3, -0.25) is 9.59 Å². The lowest BCUT2D eigenvalue weighted by Gasteiger charge is -2.33. The summed E-state index contributed by atoms with van der Waals surface area (Å²) in [7, 11) is 0. The molecule has 0 saturated heterocycles. The van der Waals surface area contributed by atoms with E-state index >= 15 is 0 Å². The molecule has 1 N–H and O–H groups in total. The first-order valence-electron chi connectivity index (χ1n) is 14.4. The van der Waals surface area contributed by atoms with Crippen LogP contribution in [0.25, 0.3) is 10.8 Å². The first-order chi connectivity index (χ1) is 19.6. The second-order valence-electron chi connectivity index (χ2n) is 10.8. The Morgan fingerprint density at radius 2 is 1.52 bits per heavy atom. The quantitative estimate of drug-likeness (QED) is 0.221. The van der Waals surface area contributed by atoms with Crippen LogP contribution in [0.2, 0.25) is 5.02 Å². The highest BCUT2D eigenvalue weighted by Crippen LogP contribution is 2.23. The largest absolute Gasteiger partial charge is 0.352 e. The first kappa shape index (κ1) is 27.9. The van der Waals surface area contributed by atoms with Crippen LogP contribution < -0.4 is 5.32 Å². The molecule has 0 aromatic heterocycles. The van der Waals surface area contributed by atoms with E-state index < -0.39 is 6.04 Å². The van der Waals surface area contributed by atoms with E-state index in [9.17, 15) is 9.59 Å². The highest BCUT2D eigenvalue weighted by atomic mass is 35.5. The van der Waals surface area contributed by atoms with E-state index in [0.717, 1.165) is 53.1 Å². The Morgan fingerprint density at radius 1 is 0.825 bits per heavy atom. The van der Waals surface area contributed by atoms with E-state index in [4.69, 9.17) is 11.6 Å². The van der Waals surface area contributed by atoms with E-state index in [0.29, 0.717) is 30.8 Å². The van der Waals surface area contributed by atoms with Crippen molar-refractivity contribution in [1.82, 2.24) is 10.2 Å². The van der Waals surface area contributed by atoms with Crippen LogP contribution in [-0.2, 0) is 29.0 Å². The Hall–Kier alpha value is -3.63. The van der Waals surface area contributed by atoms with Gasteiger partial charge in [0.05, 0.1) is 0 Å². The SMILES string of the molecule is O=C(NC1CCCCC1)[C@@H](Cc1ccccc1)N(Cc1cccc(Cl)c1)C(=O)CCc1cccc2ccccc12. The van der Waals surface area contributed by atoms with Crippen molar-refractivity contribution in [2.45, 2.75) is 70.0 Å². The van der Waals surface area contributed by atoms with Gasteiger partial charge in [0.15, 0.2) is 0 Å². The molecule has 1 aliphatic rings. The standard InChI is InChI=1S/C35H37ClN2O2/c36-30-17-9-13-27(23-30)25-38(34(39)22-21-29-16-10-15-28-14-7-8-20-32(28)29)33(24-26-11-3-1-4-12-26)35(40)37-31-18-5-2-6-19-31/h1,3-4,7-17,20,23,31,33H,2,5-6,18-19,21-22,24-25H2,(H,37,40)/t33-/m1/s1. The predicted molar refractivity (Wildman–Crippen MR) is 163 cm³/mol. The van der Waals surface area contributed by atoms with E-state index in [1.165, 1.54) is 6.42 Å². The molecule has 0 heterocycles. The van der Waals surface area contributed by atoms with Crippen LogP contribution in [0.4, 0.5) is 0 Å². The maximum atomic E-state index is 14.1. The third-order valence-electron chi connectivity index (χ3n) is 7.95. The zero-order chi connectivity index (χ0) is 27.7. The van der Waals surface area contributed by atoms with Crippen LogP contribution in [0, 0.1) is 0 Å². The first-order valence-corrected chi connectivity index (χ1v) is 14.8. The molecule has 4 aromatic rings. The average molecular weight is 553 g/mol. The van der Waals surface area contributed by atoms with Gasteiger partial charge >= 0.3 is 0 Å². The van der Waals surface area contributed by atoms with Crippen molar-refractivity contribution in [2.75, 3.05) is 0 Å². The summed E-state index contributed by atoms with van der Waals surface area (Å²) in [4.78, 5) is 29.8. The maximum absolute atomic E-state index is 14.1. The molecular weight excluding hydrogens is 516 g/mol. The zero-order valence-electron chi connectivity index (χ0n) is 22.9. The van der Waals surface area contributed by atoms with Crippen molar-refractivity contribution >= 4 is 34.2 Å². The summed E-state index contributed by atoms with van der Waals surface area (Å²) >= 11 is 6.32. The molecule has 0 radical (unpaired) electrons. The zero-order valence-corrected chi connectivity index (χ0v) is 23.7. The lowest BCUT2D eigenvalue weighted by atomic mass is 9.94. The summed E-state index contributed by atoms with van der Waals surface area (Å²) in [6.07, 6.45) is 6.84. The molecule has 0 unspecified atom stereocenters. The molecule has 1 atom stereocenters. The Labute approximate surface area is 242 Å². The number of fused-ring (bicyclic) bond motifs is 1. The molecule has 5 rings (SSSR count). The van der Waals surface area contributed by atoms with E-state index in [1.54, 1.807) is 4.90 Å². The van der Waals surface area contributed by atoms with E-state index in [1.807, 2.05) is 72.8 Å². The normalized spacial score (nSPS) is 14.5. The minimum absolute atomic E-state index is 0.0346. The fraction of sp³-hybridized carbons (Fsp3) is 0.314. The molecule has 206 valence electrons. The number of carbonyl (C=O) groups excluding carboxylic acids is 2. The second-order valence-corrected chi connectivity index (χ2v) is 11.3. The highest BCUT2D eigenvalue weighted by molar-refractivity contribution is 6.30. The molecular formula is C35H37ClN2O2.